The van der Waals surface area contributed by atoms with E-state index < -0.39 is 7.87 Å². The zero-order chi connectivity index (χ0) is 13.2. The lowest BCUT2D eigenvalue weighted by molar-refractivity contribution is 0.358. The minimum atomic E-state index is -2.62. The molecule has 1 unspecified atom stereocenters. The fourth-order valence-electron chi connectivity index (χ4n) is 1.88. The van der Waals surface area contributed by atoms with Crippen LogP contribution in [0.5, 0.6) is 0 Å². The number of hydrogen-bond acceptors (Lipinski definition) is 3. The van der Waals surface area contributed by atoms with Crippen LogP contribution >= 0.6 is 7.87 Å². The van der Waals surface area contributed by atoms with Crippen LogP contribution in [0.2, 0.25) is 0 Å². The van der Waals surface area contributed by atoms with Crippen LogP contribution in [0, 0.1) is 0 Å². The van der Waals surface area contributed by atoms with E-state index in [1.165, 1.54) is 7.11 Å². The summed E-state index contributed by atoms with van der Waals surface area (Å²) < 4.78 is 9.53. The van der Waals surface area contributed by atoms with Gasteiger partial charge in [0, 0.05) is 25.2 Å². The van der Waals surface area contributed by atoms with Gasteiger partial charge in [0.25, 0.3) is 0 Å². The van der Waals surface area contributed by atoms with Crippen LogP contribution in [0.1, 0.15) is 27.7 Å². The lowest BCUT2D eigenvalue weighted by atomic mass is 10.3. The number of hydrogen-bond donors (Lipinski definition) is 1. The molecule has 1 aliphatic heterocycles. The fraction of sp³-hybridized carbons (Fsp3) is 0.909. The Morgan fingerprint density at radius 3 is 1.88 bits per heavy atom. The molecule has 1 heterocycles. The highest BCUT2D eigenvalue weighted by Crippen LogP contribution is 2.53. The lowest BCUT2D eigenvalue weighted by Gasteiger charge is -2.27. The van der Waals surface area contributed by atoms with Crippen molar-refractivity contribution in [3.8, 4) is 0 Å². The van der Waals surface area contributed by atoms with E-state index >= 15 is 0 Å². The first-order valence-corrected chi connectivity index (χ1v) is 8.13. The molecule has 0 radical (unpaired) electrons. The third-order valence-corrected chi connectivity index (χ3v) is 4.20. The first kappa shape index (κ1) is 14.7. The predicted octanol–water partition coefficient (Wildman–Crippen LogP) is 1.81. The summed E-state index contributed by atoms with van der Waals surface area (Å²) >= 11 is 0. The van der Waals surface area contributed by atoms with E-state index in [1.807, 2.05) is 0 Å². The van der Waals surface area contributed by atoms with Crippen molar-refractivity contribution in [2.24, 2.45) is 4.76 Å². The molecule has 6 heteroatoms. The Labute approximate surface area is 105 Å². The summed E-state index contributed by atoms with van der Waals surface area (Å²) in [5.74, 6) is 0.871. The minimum Gasteiger partial charge on any atom is -0.335 e. The first-order chi connectivity index (χ1) is 7.78. The van der Waals surface area contributed by atoms with Gasteiger partial charge in [-0.1, -0.05) is 0 Å². The van der Waals surface area contributed by atoms with Gasteiger partial charge in [-0.25, -0.2) is 0 Å². The van der Waals surface area contributed by atoms with E-state index in [0.29, 0.717) is 12.1 Å². The zero-order valence-corrected chi connectivity index (χ0v) is 12.6. The number of guanidine groups is 1. The van der Waals surface area contributed by atoms with Crippen LogP contribution < -0.4 is 0 Å². The maximum atomic E-state index is 10.0. The Bertz CT molecular complexity index is 274. The Balaban J connectivity index is 3.01. The molecule has 0 saturated carbocycles. The molecule has 1 rings (SSSR count). The van der Waals surface area contributed by atoms with Crippen molar-refractivity contribution in [2.75, 3.05) is 26.9 Å². The second-order valence-electron chi connectivity index (χ2n) is 4.99. The molecule has 1 fully saturated rings. The summed E-state index contributed by atoms with van der Waals surface area (Å²) in [7, 11) is -1.12. The summed E-state index contributed by atoms with van der Waals surface area (Å²) in [6, 6.07) is 0.767. The van der Waals surface area contributed by atoms with Crippen molar-refractivity contribution in [2.45, 2.75) is 39.8 Å². The molecule has 1 saturated heterocycles. The van der Waals surface area contributed by atoms with Crippen molar-refractivity contribution >= 4 is 13.8 Å². The standard InChI is InChI=1S/C11H25N3O2P/c1-9(2)13-7-8-14(10(3)4)11(13)12-17(6,15)16-5/h9-10,15H,7-8H2,1-6H3/q+1. The van der Waals surface area contributed by atoms with Crippen LogP contribution in [0.3, 0.4) is 0 Å². The summed E-state index contributed by atoms with van der Waals surface area (Å²) in [6.07, 6.45) is 0. The minimum absolute atomic E-state index is 0.384. The van der Waals surface area contributed by atoms with Crippen LogP contribution in [-0.4, -0.2) is 59.6 Å². The predicted molar refractivity (Wildman–Crippen MR) is 73.2 cm³/mol. The molecule has 0 bridgehead atoms. The Morgan fingerprint density at radius 1 is 1.18 bits per heavy atom. The third-order valence-electron chi connectivity index (χ3n) is 2.96. The van der Waals surface area contributed by atoms with Gasteiger partial charge in [0.2, 0.25) is 5.96 Å². The zero-order valence-electron chi connectivity index (χ0n) is 11.7. The summed E-state index contributed by atoms with van der Waals surface area (Å²) in [4.78, 5) is 14.5. The summed E-state index contributed by atoms with van der Waals surface area (Å²) in [5.41, 5.74) is 0. The van der Waals surface area contributed by atoms with Gasteiger partial charge in [0.15, 0.2) is 0 Å². The first-order valence-electron chi connectivity index (χ1n) is 6.07. The highest BCUT2D eigenvalue weighted by molar-refractivity contribution is 7.63. The Morgan fingerprint density at radius 2 is 1.59 bits per heavy atom. The van der Waals surface area contributed by atoms with Gasteiger partial charge in [-0.2, -0.15) is 9.42 Å². The number of rotatable bonds is 4. The van der Waals surface area contributed by atoms with Crippen LogP contribution in [-0.2, 0) is 4.52 Å². The van der Waals surface area contributed by atoms with E-state index in [2.05, 4.69) is 42.3 Å². The van der Waals surface area contributed by atoms with Crippen molar-refractivity contribution in [3.05, 3.63) is 0 Å². The van der Waals surface area contributed by atoms with E-state index in [9.17, 15) is 4.89 Å². The lowest BCUT2D eigenvalue weighted by Crippen LogP contribution is -2.40. The van der Waals surface area contributed by atoms with Crippen molar-refractivity contribution in [1.82, 2.24) is 9.80 Å². The van der Waals surface area contributed by atoms with Crippen LogP contribution in [0.25, 0.3) is 0 Å². The SMILES string of the molecule is CO[P+](C)(O)N=C1N(C(C)C)CCN1C(C)C. The van der Waals surface area contributed by atoms with Crippen LogP contribution in [0.15, 0.2) is 4.76 Å². The smallest absolute Gasteiger partial charge is 0.335 e. The Kier molecular flexibility index (Phi) is 4.76. The molecule has 17 heavy (non-hydrogen) atoms. The number of nitrogens with zero attached hydrogens (tertiary/aromatic N) is 3. The van der Waals surface area contributed by atoms with E-state index in [4.69, 9.17) is 4.52 Å². The van der Waals surface area contributed by atoms with Crippen molar-refractivity contribution in [1.29, 1.82) is 0 Å². The molecular formula is C11H25N3O2P+. The highest BCUT2D eigenvalue weighted by atomic mass is 31.2. The molecule has 1 N–H and O–H groups in total. The molecule has 0 aliphatic carbocycles. The van der Waals surface area contributed by atoms with Gasteiger partial charge >= 0.3 is 7.87 Å². The fourth-order valence-corrected chi connectivity index (χ4v) is 2.52. The Hall–Kier alpha value is -0.380. The van der Waals surface area contributed by atoms with Gasteiger partial charge < -0.3 is 9.80 Å². The normalized spacial score (nSPS) is 20.4. The van der Waals surface area contributed by atoms with Gasteiger partial charge in [0.05, 0.1) is 7.11 Å². The average Bonchev–Trinajstić information content (AvgIpc) is 2.60. The molecule has 0 spiro atoms. The second kappa shape index (κ2) is 5.51. The molecule has 5 nitrogen and oxygen atoms in total. The molecule has 1 atom stereocenters. The maximum Gasteiger partial charge on any atom is 0.391 e. The molecular weight excluding hydrogens is 237 g/mol. The maximum absolute atomic E-state index is 10.0. The van der Waals surface area contributed by atoms with Gasteiger partial charge in [-0.05, 0) is 32.5 Å². The largest absolute Gasteiger partial charge is 0.391 e. The highest BCUT2D eigenvalue weighted by Gasteiger charge is 2.38. The molecule has 0 amide bonds. The molecule has 1 aliphatic rings. The van der Waals surface area contributed by atoms with Gasteiger partial charge in [-0.15, -0.1) is 0 Å². The molecule has 0 aromatic heterocycles. The third kappa shape index (κ3) is 3.54. The summed E-state index contributed by atoms with van der Waals surface area (Å²) in [5, 5.41) is 0. The second-order valence-corrected chi connectivity index (χ2v) is 7.23. The molecule has 0 aromatic rings. The van der Waals surface area contributed by atoms with Gasteiger partial charge in [-0.3, -0.25) is 0 Å². The van der Waals surface area contributed by atoms with Crippen molar-refractivity contribution in [3.63, 3.8) is 0 Å². The molecule has 0 aromatic carbocycles. The monoisotopic (exact) mass is 262 g/mol. The van der Waals surface area contributed by atoms with Crippen molar-refractivity contribution < 1.29 is 9.42 Å². The summed E-state index contributed by atoms with van der Waals surface area (Å²) in [6.45, 7) is 12.1. The van der Waals surface area contributed by atoms with Crippen LogP contribution in [0.4, 0.5) is 0 Å². The van der Waals surface area contributed by atoms with E-state index in [1.54, 1.807) is 6.66 Å². The van der Waals surface area contributed by atoms with E-state index in [0.717, 1.165) is 19.0 Å². The topological polar surface area (TPSA) is 48.3 Å². The molecule has 100 valence electrons. The van der Waals surface area contributed by atoms with E-state index in [-0.39, 0.29) is 0 Å². The quantitative estimate of drug-likeness (QED) is 0.785. The average molecular weight is 262 g/mol. The van der Waals surface area contributed by atoms with Gasteiger partial charge in [0.1, 0.15) is 6.66 Å².